The van der Waals surface area contributed by atoms with Gasteiger partial charge in [0.25, 0.3) is 0 Å². The van der Waals surface area contributed by atoms with Crippen LogP contribution in [0.4, 0.5) is 29.3 Å². The Kier molecular flexibility index (Phi) is 7.70. The van der Waals surface area contributed by atoms with Crippen molar-refractivity contribution in [3.8, 4) is 17.0 Å². The van der Waals surface area contributed by atoms with Gasteiger partial charge in [-0.2, -0.15) is 4.98 Å². The summed E-state index contributed by atoms with van der Waals surface area (Å²) < 4.78 is 55.1. The van der Waals surface area contributed by atoms with Crippen molar-refractivity contribution in [3.63, 3.8) is 0 Å². The number of rotatable bonds is 9. The summed E-state index contributed by atoms with van der Waals surface area (Å²) in [5.41, 5.74) is 1.54. The second-order valence-electron chi connectivity index (χ2n) is 7.70. The van der Waals surface area contributed by atoms with Gasteiger partial charge in [0.15, 0.2) is 0 Å². The van der Waals surface area contributed by atoms with E-state index >= 15 is 0 Å². The second-order valence-corrected chi connectivity index (χ2v) is 7.70. The number of hydrogen-bond donors (Lipinski definition) is 3. The average Bonchev–Trinajstić information content (AvgIpc) is 2.76. The van der Waals surface area contributed by atoms with Crippen molar-refractivity contribution in [2.24, 2.45) is 5.92 Å². The van der Waals surface area contributed by atoms with E-state index in [9.17, 15) is 22.7 Å². The third kappa shape index (κ3) is 7.31. The fraction of sp³-hybridized carbons (Fsp3) is 0.304. The fourth-order valence-electron chi connectivity index (χ4n) is 2.99. The van der Waals surface area contributed by atoms with Crippen molar-refractivity contribution in [1.82, 2.24) is 9.97 Å². The van der Waals surface area contributed by atoms with Gasteiger partial charge < -0.3 is 20.5 Å². The van der Waals surface area contributed by atoms with E-state index in [2.05, 4.69) is 25.3 Å². The summed E-state index contributed by atoms with van der Waals surface area (Å²) in [7, 11) is 0. The topological polar surface area (TPSA) is 79.3 Å². The molecule has 0 saturated heterocycles. The molecule has 3 rings (SSSR count). The molecule has 0 saturated carbocycles. The van der Waals surface area contributed by atoms with E-state index in [1.54, 1.807) is 24.3 Å². The molecule has 33 heavy (non-hydrogen) atoms. The van der Waals surface area contributed by atoms with Gasteiger partial charge in [-0.3, -0.25) is 0 Å². The van der Waals surface area contributed by atoms with Gasteiger partial charge in [-0.15, -0.1) is 13.2 Å². The van der Waals surface area contributed by atoms with E-state index in [1.807, 2.05) is 13.8 Å². The Hall–Kier alpha value is -3.40. The van der Waals surface area contributed by atoms with Crippen molar-refractivity contribution in [2.45, 2.75) is 32.8 Å². The van der Waals surface area contributed by atoms with E-state index < -0.39 is 6.36 Å². The highest BCUT2D eigenvalue weighted by atomic mass is 19.4. The smallest absolute Gasteiger partial charge is 0.406 e. The highest BCUT2D eigenvalue weighted by Gasteiger charge is 2.31. The number of alkyl halides is 3. The molecule has 0 unspecified atom stereocenters. The molecule has 3 N–H and O–H groups in total. The molecule has 0 spiro atoms. The van der Waals surface area contributed by atoms with Gasteiger partial charge in [0, 0.05) is 18.2 Å². The molecule has 1 aromatic heterocycles. The zero-order valence-electron chi connectivity index (χ0n) is 18.0. The van der Waals surface area contributed by atoms with Gasteiger partial charge in [-0.25, -0.2) is 9.37 Å². The molecule has 10 heteroatoms. The number of nitrogens with one attached hydrogen (secondary N) is 2. The number of halogens is 4. The molecule has 176 valence electrons. The monoisotopic (exact) mass is 464 g/mol. The van der Waals surface area contributed by atoms with Gasteiger partial charge in [-0.05, 0) is 35.7 Å². The van der Waals surface area contributed by atoms with E-state index in [-0.39, 0.29) is 36.1 Å². The highest BCUT2D eigenvalue weighted by molar-refractivity contribution is 5.66. The van der Waals surface area contributed by atoms with Crippen LogP contribution in [0.2, 0.25) is 0 Å². The molecule has 0 aliphatic heterocycles. The van der Waals surface area contributed by atoms with E-state index in [4.69, 9.17) is 0 Å². The maximum atomic E-state index is 13.1. The first-order valence-corrected chi connectivity index (χ1v) is 10.2. The standard InChI is InChI=1S/C23H24F4N4O2/c1-14(2)20(13-32)30-22-29-19(16-4-3-5-18(10-16)33-23(25,26)27)11-21(31-22)28-12-15-6-8-17(24)9-7-15/h3-11,14,20,32H,12-13H2,1-2H3,(H2,28,29,30,31)/t20-/m0/s1. The van der Waals surface area contributed by atoms with Crippen molar-refractivity contribution >= 4 is 11.8 Å². The molecule has 6 nitrogen and oxygen atoms in total. The largest absolute Gasteiger partial charge is 0.573 e. The third-order valence-electron chi connectivity index (χ3n) is 4.79. The molecule has 0 amide bonds. The first-order valence-electron chi connectivity index (χ1n) is 10.2. The number of aliphatic hydroxyl groups is 1. The maximum absolute atomic E-state index is 13.1. The lowest BCUT2D eigenvalue weighted by Gasteiger charge is -2.21. The first-order chi connectivity index (χ1) is 15.6. The molecule has 0 fully saturated rings. The number of ether oxygens (including phenoxy) is 1. The Bertz CT molecular complexity index is 1060. The van der Waals surface area contributed by atoms with Crippen LogP contribution >= 0.6 is 0 Å². The molecule has 3 aromatic rings. The second kappa shape index (κ2) is 10.5. The van der Waals surface area contributed by atoms with Crippen LogP contribution in [-0.2, 0) is 6.54 Å². The van der Waals surface area contributed by atoms with Crippen LogP contribution in [0.25, 0.3) is 11.3 Å². The SMILES string of the molecule is CC(C)[C@H](CO)Nc1nc(NCc2ccc(F)cc2)cc(-c2cccc(OC(F)(F)F)c2)n1. The minimum absolute atomic E-state index is 0.0707. The Morgan fingerprint density at radius 2 is 1.76 bits per heavy atom. The van der Waals surface area contributed by atoms with E-state index in [1.165, 1.54) is 30.3 Å². The summed E-state index contributed by atoms with van der Waals surface area (Å²) in [6.07, 6.45) is -4.81. The van der Waals surface area contributed by atoms with Crippen LogP contribution < -0.4 is 15.4 Å². The van der Waals surface area contributed by atoms with Crippen molar-refractivity contribution in [2.75, 3.05) is 17.2 Å². The first kappa shape index (κ1) is 24.2. The number of nitrogens with zero attached hydrogens (tertiary/aromatic N) is 2. The van der Waals surface area contributed by atoms with Crippen LogP contribution in [-0.4, -0.2) is 34.1 Å². The van der Waals surface area contributed by atoms with Gasteiger partial charge >= 0.3 is 6.36 Å². The number of anilines is 2. The maximum Gasteiger partial charge on any atom is 0.573 e. The number of aromatic nitrogens is 2. The van der Waals surface area contributed by atoms with Gasteiger partial charge in [0.1, 0.15) is 17.4 Å². The van der Waals surface area contributed by atoms with Gasteiger partial charge in [0.2, 0.25) is 5.95 Å². The highest BCUT2D eigenvalue weighted by Crippen LogP contribution is 2.29. The van der Waals surface area contributed by atoms with E-state index in [0.717, 1.165) is 5.56 Å². The Morgan fingerprint density at radius 1 is 1.03 bits per heavy atom. The van der Waals surface area contributed by atoms with Crippen LogP contribution in [0.5, 0.6) is 5.75 Å². The quantitative estimate of drug-likeness (QED) is 0.377. The van der Waals surface area contributed by atoms with Gasteiger partial charge in [0.05, 0.1) is 18.3 Å². The Balaban J connectivity index is 1.92. The zero-order chi connectivity index (χ0) is 24.0. The molecule has 1 atom stereocenters. The molecular formula is C23H24F4N4O2. The molecule has 0 aliphatic rings. The zero-order valence-corrected chi connectivity index (χ0v) is 18.0. The lowest BCUT2D eigenvalue weighted by Crippen LogP contribution is -2.30. The number of hydrogen-bond acceptors (Lipinski definition) is 6. The molecule has 2 aromatic carbocycles. The molecule has 1 heterocycles. The molecular weight excluding hydrogens is 440 g/mol. The summed E-state index contributed by atoms with van der Waals surface area (Å²) in [6, 6.07) is 12.7. The van der Waals surface area contributed by atoms with Crippen LogP contribution in [0.1, 0.15) is 19.4 Å². The molecule has 0 radical (unpaired) electrons. The Labute approximate surface area is 188 Å². The van der Waals surface area contributed by atoms with Crippen molar-refractivity contribution in [1.29, 1.82) is 0 Å². The van der Waals surface area contributed by atoms with Crippen LogP contribution in [0, 0.1) is 11.7 Å². The summed E-state index contributed by atoms with van der Waals surface area (Å²) in [4.78, 5) is 8.83. The van der Waals surface area contributed by atoms with Crippen molar-refractivity contribution in [3.05, 3.63) is 66.0 Å². The minimum Gasteiger partial charge on any atom is -0.406 e. The van der Waals surface area contributed by atoms with Crippen LogP contribution in [0.3, 0.4) is 0 Å². The molecule has 0 bridgehead atoms. The van der Waals surface area contributed by atoms with Gasteiger partial charge in [-0.1, -0.05) is 38.1 Å². The Morgan fingerprint density at radius 3 is 2.39 bits per heavy atom. The van der Waals surface area contributed by atoms with E-state index in [0.29, 0.717) is 23.6 Å². The minimum atomic E-state index is -4.81. The van der Waals surface area contributed by atoms with Crippen LogP contribution in [0.15, 0.2) is 54.6 Å². The summed E-state index contributed by atoms with van der Waals surface area (Å²) >= 11 is 0. The third-order valence-corrected chi connectivity index (χ3v) is 4.79. The molecule has 0 aliphatic carbocycles. The summed E-state index contributed by atoms with van der Waals surface area (Å²) in [6.45, 7) is 4.02. The lowest BCUT2D eigenvalue weighted by molar-refractivity contribution is -0.274. The average molecular weight is 464 g/mol. The van der Waals surface area contributed by atoms with Crippen molar-refractivity contribution < 1.29 is 27.4 Å². The normalized spacial score (nSPS) is 12.5. The predicted molar refractivity (Wildman–Crippen MR) is 117 cm³/mol. The lowest BCUT2D eigenvalue weighted by atomic mass is 10.1. The number of benzene rings is 2. The number of aliphatic hydroxyl groups excluding tert-OH is 1. The predicted octanol–water partition coefficient (Wildman–Crippen LogP) is 5.22. The fourth-order valence-corrected chi connectivity index (χ4v) is 2.99. The summed E-state index contributed by atoms with van der Waals surface area (Å²) in [5, 5.41) is 15.8. The summed E-state index contributed by atoms with van der Waals surface area (Å²) in [5.74, 6) is -0.0524.